The number of carbonyl (C=O) groups excluding carboxylic acids is 1. The number of ketones is 1. The number of methoxy groups -OCH3 is 1. The minimum absolute atomic E-state index is 0.0838. The monoisotopic (exact) mass is 220 g/mol. The number of fused-ring (bicyclic) bond motifs is 1. The van der Waals surface area contributed by atoms with E-state index in [1.807, 2.05) is 0 Å². The second kappa shape index (κ2) is 3.96. The molecular weight excluding hydrogens is 208 g/mol. The minimum atomic E-state index is -1.06. The van der Waals surface area contributed by atoms with Crippen LogP contribution in [-0.2, 0) is 6.42 Å². The number of hydrogen-bond acceptors (Lipinski definition) is 3. The first-order chi connectivity index (χ1) is 7.65. The highest BCUT2D eigenvalue weighted by atomic mass is 16.5. The summed E-state index contributed by atoms with van der Waals surface area (Å²) in [4.78, 5) is 22.8. The third-order valence-electron chi connectivity index (χ3n) is 2.83. The Kier molecular flexibility index (Phi) is 2.64. The van der Waals surface area contributed by atoms with Crippen molar-refractivity contribution in [2.45, 2.75) is 19.3 Å². The summed E-state index contributed by atoms with van der Waals surface area (Å²) in [7, 11) is 1.52. The molecule has 1 aliphatic carbocycles. The summed E-state index contributed by atoms with van der Waals surface area (Å²) in [5.74, 6) is -0.556. The predicted octanol–water partition coefficient (Wildman–Crippen LogP) is 1.91. The van der Waals surface area contributed by atoms with Crippen LogP contribution in [0.4, 0.5) is 0 Å². The lowest BCUT2D eigenvalue weighted by Crippen LogP contribution is -2.17. The Labute approximate surface area is 92.8 Å². The summed E-state index contributed by atoms with van der Waals surface area (Å²) in [6, 6.07) is 3.05. The van der Waals surface area contributed by atoms with Crippen molar-refractivity contribution >= 4 is 11.8 Å². The van der Waals surface area contributed by atoms with Crippen molar-refractivity contribution < 1.29 is 19.4 Å². The first-order valence-electron chi connectivity index (χ1n) is 5.11. The molecule has 0 atom stereocenters. The summed E-state index contributed by atoms with van der Waals surface area (Å²) in [5, 5.41) is 9.03. The van der Waals surface area contributed by atoms with E-state index in [1.54, 1.807) is 6.07 Å². The van der Waals surface area contributed by atoms with Gasteiger partial charge in [0.2, 0.25) is 0 Å². The first kappa shape index (κ1) is 10.7. The van der Waals surface area contributed by atoms with Crippen molar-refractivity contribution in [2.75, 3.05) is 7.11 Å². The van der Waals surface area contributed by atoms with Gasteiger partial charge in [0.05, 0.1) is 12.7 Å². The van der Waals surface area contributed by atoms with E-state index >= 15 is 0 Å². The van der Waals surface area contributed by atoms with Crippen LogP contribution in [0, 0.1) is 0 Å². The third kappa shape index (κ3) is 1.56. The maximum absolute atomic E-state index is 11.8. The van der Waals surface area contributed by atoms with Crippen LogP contribution in [0.15, 0.2) is 12.1 Å². The molecule has 84 valence electrons. The Balaban J connectivity index is 2.68. The largest absolute Gasteiger partial charge is 0.496 e. The smallest absolute Gasteiger partial charge is 0.336 e. The van der Waals surface area contributed by atoms with Crippen LogP contribution in [0.1, 0.15) is 39.1 Å². The van der Waals surface area contributed by atoms with Crippen LogP contribution in [-0.4, -0.2) is 24.0 Å². The summed E-state index contributed by atoms with van der Waals surface area (Å²) in [5.41, 5.74) is 1.15. The molecular formula is C12H12O4. The van der Waals surface area contributed by atoms with Gasteiger partial charge < -0.3 is 9.84 Å². The fourth-order valence-electron chi connectivity index (χ4n) is 2.12. The lowest BCUT2D eigenvalue weighted by molar-refractivity contribution is 0.0691. The van der Waals surface area contributed by atoms with Crippen LogP contribution >= 0.6 is 0 Å². The maximum atomic E-state index is 11.8. The van der Waals surface area contributed by atoms with Gasteiger partial charge in [-0.2, -0.15) is 0 Å². The average Bonchev–Trinajstić information content (AvgIpc) is 2.28. The summed E-state index contributed by atoms with van der Waals surface area (Å²) < 4.78 is 5.15. The van der Waals surface area contributed by atoms with E-state index in [2.05, 4.69) is 0 Å². The van der Waals surface area contributed by atoms with E-state index in [1.165, 1.54) is 13.2 Å². The molecule has 0 heterocycles. The van der Waals surface area contributed by atoms with Crippen molar-refractivity contribution in [3.8, 4) is 5.75 Å². The minimum Gasteiger partial charge on any atom is -0.496 e. The second-order valence-corrected chi connectivity index (χ2v) is 3.75. The molecule has 0 spiro atoms. The van der Waals surface area contributed by atoms with E-state index in [9.17, 15) is 9.59 Å². The number of rotatable bonds is 2. The van der Waals surface area contributed by atoms with Gasteiger partial charge in [-0.05, 0) is 25.0 Å². The highest BCUT2D eigenvalue weighted by Crippen LogP contribution is 2.32. The van der Waals surface area contributed by atoms with Crippen LogP contribution in [0.2, 0.25) is 0 Å². The molecule has 0 radical (unpaired) electrons. The molecule has 1 N–H and O–H groups in total. The second-order valence-electron chi connectivity index (χ2n) is 3.75. The Bertz CT molecular complexity index is 462. The molecule has 1 aromatic carbocycles. The van der Waals surface area contributed by atoms with Crippen molar-refractivity contribution in [2.24, 2.45) is 0 Å². The molecule has 2 rings (SSSR count). The average molecular weight is 220 g/mol. The Morgan fingerprint density at radius 1 is 1.38 bits per heavy atom. The van der Waals surface area contributed by atoms with Gasteiger partial charge in [-0.3, -0.25) is 4.79 Å². The summed E-state index contributed by atoms with van der Waals surface area (Å²) >= 11 is 0. The van der Waals surface area contributed by atoms with Crippen molar-refractivity contribution in [1.29, 1.82) is 0 Å². The number of ether oxygens (including phenoxy) is 1. The van der Waals surface area contributed by atoms with Gasteiger partial charge in [0.1, 0.15) is 5.75 Å². The van der Waals surface area contributed by atoms with Crippen LogP contribution in [0.5, 0.6) is 5.75 Å². The van der Waals surface area contributed by atoms with Gasteiger partial charge in [-0.1, -0.05) is 0 Å². The standard InChI is InChI=1S/C12H12O4/c1-16-10-6-5-8(12(14)15)11-7(10)3-2-4-9(11)13/h5-6H,2-4H2,1H3,(H,14,15). The molecule has 4 heteroatoms. The number of benzene rings is 1. The molecule has 4 nitrogen and oxygen atoms in total. The van der Waals surface area contributed by atoms with Crippen molar-refractivity contribution in [3.05, 3.63) is 28.8 Å². The number of hydrogen-bond donors (Lipinski definition) is 1. The molecule has 0 fully saturated rings. The molecule has 0 amide bonds. The fourth-order valence-corrected chi connectivity index (χ4v) is 2.12. The predicted molar refractivity (Wildman–Crippen MR) is 57.2 cm³/mol. The van der Waals surface area contributed by atoms with Crippen LogP contribution < -0.4 is 4.74 Å². The molecule has 0 saturated heterocycles. The van der Waals surface area contributed by atoms with Crippen molar-refractivity contribution in [1.82, 2.24) is 0 Å². The summed E-state index contributed by atoms with van der Waals surface area (Å²) in [6.07, 6.45) is 1.87. The zero-order chi connectivity index (χ0) is 11.7. The number of Topliss-reactive ketones (excluding diaryl/α,β-unsaturated/α-hetero) is 1. The van der Waals surface area contributed by atoms with E-state index in [0.717, 1.165) is 12.0 Å². The topological polar surface area (TPSA) is 63.6 Å². The molecule has 0 bridgehead atoms. The molecule has 0 aromatic heterocycles. The highest BCUT2D eigenvalue weighted by molar-refractivity contribution is 6.08. The number of aromatic carboxylic acids is 1. The Morgan fingerprint density at radius 2 is 2.12 bits per heavy atom. The summed E-state index contributed by atoms with van der Waals surface area (Å²) in [6.45, 7) is 0. The van der Waals surface area contributed by atoms with Crippen LogP contribution in [0.3, 0.4) is 0 Å². The molecule has 1 aliphatic rings. The maximum Gasteiger partial charge on any atom is 0.336 e. The fraction of sp³-hybridized carbons (Fsp3) is 0.333. The van der Waals surface area contributed by atoms with Gasteiger partial charge in [-0.25, -0.2) is 4.79 Å². The van der Waals surface area contributed by atoms with Crippen molar-refractivity contribution in [3.63, 3.8) is 0 Å². The Morgan fingerprint density at radius 3 is 2.75 bits per heavy atom. The molecule has 0 saturated carbocycles. The van der Waals surface area contributed by atoms with E-state index in [-0.39, 0.29) is 11.3 Å². The molecule has 16 heavy (non-hydrogen) atoms. The van der Waals surface area contributed by atoms with Gasteiger partial charge in [0.15, 0.2) is 5.78 Å². The zero-order valence-corrected chi connectivity index (χ0v) is 8.95. The molecule has 0 aliphatic heterocycles. The van der Waals surface area contributed by atoms with E-state index < -0.39 is 5.97 Å². The third-order valence-corrected chi connectivity index (χ3v) is 2.83. The number of carboxylic acid groups (broad SMARTS) is 1. The SMILES string of the molecule is COc1ccc(C(=O)O)c2c1CCCC2=O. The number of carbonyl (C=O) groups is 2. The number of carboxylic acids is 1. The van der Waals surface area contributed by atoms with Gasteiger partial charge in [0.25, 0.3) is 0 Å². The Hall–Kier alpha value is -1.84. The lowest BCUT2D eigenvalue weighted by atomic mass is 9.86. The molecule has 1 aromatic rings. The van der Waals surface area contributed by atoms with Crippen LogP contribution in [0.25, 0.3) is 0 Å². The first-order valence-corrected chi connectivity index (χ1v) is 5.11. The lowest BCUT2D eigenvalue weighted by Gasteiger charge is -2.19. The highest BCUT2D eigenvalue weighted by Gasteiger charge is 2.26. The van der Waals surface area contributed by atoms with Gasteiger partial charge >= 0.3 is 5.97 Å². The zero-order valence-electron chi connectivity index (χ0n) is 8.95. The van der Waals surface area contributed by atoms with E-state index in [0.29, 0.717) is 24.2 Å². The quantitative estimate of drug-likeness (QED) is 0.826. The van der Waals surface area contributed by atoms with Gasteiger partial charge in [0, 0.05) is 17.5 Å². The molecule has 0 unspecified atom stereocenters. The normalized spacial score (nSPS) is 14.4. The van der Waals surface area contributed by atoms with E-state index in [4.69, 9.17) is 9.84 Å². The van der Waals surface area contributed by atoms with Gasteiger partial charge in [-0.15, -0.1) is 0 Å².